The Balaban J connectivity index is 2.21. The Bertz CT molecular complexity index is 628. The van der Waals surface area contributed by atoms with Gasteiger partial charge in [0.1, 0.15) is 5.82 Å². The van der Waals surface area contributed by atoms with E-state index < -0.39 is 0 Å². The zero-order chi connectivity index (χ0) is 15.0. The topological polar surface area (TPSA) is 29.9 Å². The molecule has 0 spiro atoms. The maximum Gasteiger partial charge on any atom is 0.123 e. The van der Waals surface area contributed by atoms with Crippen molar-refractivity contribution >= 4 is 0 Å². The van der Waals surface area contributed by atoms with Gasteiger partial charge in [0, 0.05) is 36.7 Å². The smallest absolute Gasteiger partial charge is 0.123 e. The third kappa shape index (κ3) is 2.60. The molecule has 0 amide bonds. The fraction of sp³-hybridized carbons (Fsp3) is 0.471. The molecular formula is C17H22FN3. The first-order valence-electron chi connectivity index (χ1n) is 7.66. The highest BCUT2D eigenvalue weighted by Crippen LogP contribution is 2.35. The van der Waals surface area contributed by atoms with Gasteiger partial charge in [0.25, 0.3) is 0 Å². The highest BCUT2D eigenvalue weighted by atomic mass is 19.1. The van der Waals surface area contributed by atoms with Crippen LogP contribution in [0.5, 0.6) is 0 Å². The van der Waals surface area contributed by atoms with Gasteiger partial charge in [-0.1, -0.05) is 6.92 Å². The second-order valence-corrected chi connectivity index (χ2v) is 6.11. The molecule has 1 atom stereocenters. The Kier molecular flexibility index (Phi) is 3.81. The van der Waals surface area contributed by atoms with Gasteiger partial charge in [0.2, 0.25) is 0 Å². The highest BCUT2D eigenvalue weighted by molar-refractivity contribution is 5.66. The Morgan fingerprint density at radius 3 is 2.67 bits per heavy atom. The first-order chi connectivity index (χ1) is 10.1. The van der Waals surface area contributed by atoms with Crippen LogP contribution in [0.4, 0.5) is 4.39 Å². The van der Waals surface area contributed by atoms with E-state index in [-0.39, 0.29) is 11.9 Å². The van der Waals surface area contributed by atoms with Crippen molar-refractivity contribution in [1.29, 1.82) is 0 Å². The van der Waals surface area contributed by atoms with Gasteiger partial charge in [-0.2, -0.15) is 5.10 Å². The fourth-order valence-electron chi connectivity index (χ4n) is 3.09. The van der Waals surface area contributed by atoms with Crippen molar-refractivity contribution in [2.24, 2.45) is 0 Å². The van der Waals surface area contributed by atoms with Gasteiger partial charge in [-0.15, -0.1) is 0 Å². The van der Waals surface area contributed by atoms with Crippen LogP contribution in [0.1, 0.15) is 44.0 Å². The molecule has 0 aliphatic carbocycles. The average molecular weight is 287 g/mol. The van der Waals surface area contributed by atoms with Crippen LogP contribution in [0.15, 0.2) is 24.3 Å². The second kappa shape index (κ2) is 5.60. The van der Waals surface area contributed by atoms with Gasteiger partial charge in [-0.05, 0) is 44.0 Å². The van der Waals surface area contributed by atoms with Crippen LogP contribution in [0.2, 0.25) is 0 Å². The van der Waals surface area contributed by atoms with Gasteiger partial charge in [-0.25, -0.2) is 4.39 Å². The van der Waals surface area contributed by atoms with Crippen LogP contribution in [0.25, 0.3) is 11.3 Å². The molecule has 2 heterocycles. The van der Waals surface area contributed by atoms with Crippen LogP contribution in [-0.4, -0.2) is 22.9 Å². The number of nitrogens with zero attached hydrogens (tertiary/aromatic N) is 2. The molecular weight excluding hydrogens is 265 g/mol. The number of halogens is 1. The van der Waals surface area contributed by atoms with Crippen molar-refractivity contribution in [2.75, 3.05) is 13.1 Å². The summed E-state index contributed by atoms with van der Waals surface area (Å²) in [6, 6.07) is 7.06. The summed E-state index contributed by atoms with van der Waals surface area (Å²) < 4.78 is 15.3. The summed E-state index contributed by atoms with van der Waals surface area (Å²) in [5.41, 5.74) is 4.70. The van der Waals surface area contributed by atoms with Gasteiger partial charge in [0.15, 0.2) is 0 Å². The molecule has 1 aromatic heterocycles. The van der Waals surface area contributed by atoms with Crippen LogP contribution < -0.4 is 5.32 Å². The van der Waals surface area contributed by atoms with Crippen LogP contribution in [-0.2, 0) is 6.42 Å². The van der Waals surface area contributed by atoms with E-state index in [4.69, 9.17) is 5.10 Å². The van der Waals surface area contributed by atoms with E-state index >= 15 is 0 Å². The molecule has 4 heteroatoms. The monoisotopic (exact) mass is 287 g/mol. The van der Waals surface area contributed by atoms with Crippen molar-refractivity contribution < 1.29 is 4.39 Å². The lowest BCUT2D eigenvalue weighted by Gasteiger charge is -2.16. The third-order valence-corrected chi connectivity index (χ3v) is 4.11. The minimum absolute atomic E-state index is 0.199. The van der Waals surface area contributed by atoms with Crippen molar-refractivity contribution in [1.82, 2.24) is 15.1 Å². The van der Waals surface area contributed by atoms with E-state index in [2.05, 4.69) is 30.8 Å². The van der Waals surface area contributed by atoms with Crippen molar-refractivity contribution in [3.05, 3.63) is 41.3 Å². The number of benzene rings is 1. The summed E-state index contributed by atoms with van der Waals surface area (Å²) in [4.78, 5) is 0. The summed E-state index contributed by atoms with van der Waals surface area (Å²) in [7, 11) is 0. The summed E-state index contributed by atoms with van der Waals surface area (Å²) in [5, 5.41) is 8.30. The Labute approximate surface area is 125 Å². The minimum atomic E-state index is -0.199. The Hall–Kier alpha value is -1.68. The summed E-state index contributed by atoms with van der Waals surface area (Å²) in [5.74, 6) is 0.213. The molecule has 112 valence electrons. The van der Waals surface area contributed by atoms with Crippen LogP contribution >= 0.6 is 0 Å². The minimum Gasteiger partial charge on any atom is -0.316 e. The molecule has 2 aromatic rings. The molecule has 21 heavy (non-hydrogen) atoms. The van der Waals surface area contributed by atoms with Crippen molar-refractivity contribution in [3.8, 4) is 11.3 Å². The van der Waals surface area contributed by atoms with E-state index in [1.165, 1.54) is 23.4 Å². The number of nitrogens with one attached hydrogen (secondary N) is 1. The molecule has 3 nitrogen and oxygen atoms in total. The lowest BCUT2D eigenvalue weighted by atomic mass is 9.95. The predicted octanol–water partition coefficient (Wildman–Crippen LogP) is 3.52. The van der Waals surface area contributed by atoms with Crippen molar-refractivity contribution in [2.45, 2.75) is 39.2 Å². The van der Waals surface area contributed by atoms with E-state index in [1.54, 1.807) is 0 Å². The van der Waals surface area contributed by atoms with Gasteiger partial charge in [-0.3, -0.25) is 4.68 Å². The number of rotatable bonds is 2. The zero-order valence-electron chi connectivity index (χ0n) is 12.9. The third-order valence-electron chi connectivity index (χ3n) is 4.11. The summed E-state index contributed by atoms with van der Waals surface area (Å²) in [6.45, 7) is 8.45. The van der Waals surface area contributed by atoms with E-state index in [0.29, 0.717) is 5.92 Å². The molecule has 0 saturated carbocycles. The zero-order valence-corrected chi connectivity index (χ0v) is 12.9. The highest BCUT2D eigenvalue weighted by Gasteiger charge is 2.26. The van der Waals surface area contributed by atoms with Crippen LogP contribution in [0.3, 0.4) is 0 Å². The maximum atomic E-state index is 13.2. The molecule has 0 fully saturated rings. The van der Waals surface area contributed by atoms with Crippen LogP contribution in [0, 0.1) is 5.82 Å². The van der Waals surface area contributed by atoms with E-state index in [1.807, 2.05) is 12.1 Å². The maximum absolute atomic E-state index is 13.2. The quantitative estimate of drug-likeness (QED) is 0.916. The molecule has 1 aliphatic heterocycles. The lowest BCUT2D eigenvalue weighted by Crippen LogP contribution is -2.19. The molecule has 0 bridgehead atoms. The SMILES string of the molecule is CC1CNCCc2nn(C(C)C)c(-c3ccc(F)cc3)c21. The number of hydrogen-bond donors (Lipinski definition) is 1. The summed E-state index contributed by atoms with van der Waals surface area (Å²) >= 11 is 0. The average Bonchev–Trinajstić information content (AvgIpc) is 2.75. The number of hydrogen-bond acceptors (Lipinski definition) is 2. The van der Waals surface area contributed by atoms with E-state index in [0.717, 1.165) is 30.8 Å². The molecule has 0 saturated heterocycles. The molecule has 1 aromatic carbocycles. The van der Waals surface area contributed by atoms with Crippen molar-refractivity contribution in [3.63, 3.8) is 0 Å². The number of aromatic nitrogens is 2. The number of fused-ring (bicyclic) bond motifs is 1. The second-order valence-electron chi connectivity index (χ2n) is 6.11. The summed E-state index contributed by atoms with van der Waals surface area (Å²) in [6.07, 6.45) is 0.952. The molecule has 1 unspecified atom stereocenters. The first kappa shape index (κ1) is 14.3. The molecule has 3 rings (SSSR count). The Morgan fingerprint density at radius 2 is 2.00 bits per heavy atom. The van der Waals surface area contributed by atoms with Gasteiger partial charge < -0.3 is 5.32 Å². The molecule has 1 aliphatic rings. The normalized spacial score (nSPS) is 18.6. The van der Waals surface area contributed by atoms with E-state index in [9.17, 15) is 4.39 Å². The standard InChI is InChI=1S/C17H22FN3/c1-11(2)21-17(13-4-6-14(18)7-5-13)16-12(3)10-19-9-8-15(16)20-21/h4-7,11-12,19H,8-10H2,1-3H3. The van der Waals surface area contributed by atoms with Gasteiger partial charge >= 0.3 is 0 Å². The van der Waals surface area contributed by atoms with Gasteiger partial charge in [0.05, 0.1) is 11.4 Å². The molecule has 0 radical (unpaired) electrons. The first-order valence-corrected chi connectivity index (χ1v) is 7.66. The predicted molar refractivity (Wildman–Crippen MR) is 83.0 cm³/mol. The Morgan fingerprint density at radius 1 is 1.29 bits per heavy atom. The fourth-order valence-corrected chi connectivity index (χ4v) is 3.09. The largest absolute Gasteiger partial charge is 0.316 e. The molecule has 1 N–H and O–H groups in total. The lowest BCUT2D eigenvalue weighted by molar-refractivity contribution is 0.527.